The Morgan fingerprint density at radius 1 is 1.09 bits per heavy atom. The number of hydrogen-bond donors (Lipinski definition) is 1. The number of carbonyl (C=O) groups is 1. The van der Waals surface area contributed by atoms with E-state index in [2.05, 4.69) is 16.3 Å². The molecular formula is C18H25N3O. The Bertz CT molecular complexity index is 557. The number of nitrogens with zero attached hydrogens (tertiary/aromatic N) is 2. The van der Waals surface area contributed by atoms with Crippen LogP contribution in [0.4, 0.5) is 5.82 Å². The molecule has 2 saturated heterocycles. The van der Waals surface area contributed by atoms with Crippen molar-refractivity contribution in [1.29, 1.82) is 0 Å². The molecule has 2 aliphatic heterocycles. The third-order valence-corrected chi connectivity index (χ3v) is 5.71. The van der Waals surface area contributed by atoms with Crippen LogP contribution in [0.5, 0.6) is 0 Å². The fraction of sp³-hybridized carbons (Fsp3) is 0.667. The number of fused-ring (bicyclic) bond motifs is 1. The summed E-state index contributed by atoms with van der Waals surface area (Å²) >= 11 is 0. The minimum absolute atomic E-state index is 0.271. The molecule has 1 N–H and O–H groups in total. The average molecular weight is 299 g/mol. The molecule has 1 unspecified atom stereocenters. The van der Waals surface area contributed by atoms with Gasteiger partial charge in [-0.1, -0.05) is 0 Å². The number of Topliss-reactive ketones (excluding diaryl/α,β-unsaturated/α-hetero) is 1. The Balaban J connectivity index is 1.44. The molecule has 0 aromatic carbocycles. The molecule has 0 amide bonds. The summed E-state index contributed by atoms with van der Waals surface area (Å²) in [5.41, 5.74) is 1.89. The summed E-state index contributed by atoms with van der Waals surface area (Å²) in [6.07, 6.45) is 6.52. The van der Waals surface area contributed by atoms with E-state index in [1.165, 1.54) is 32.4 Å². The molecule has 22 heavy (non-hydrogen) atoms. The van der Waals surface area contributed by atoms with Gasteiger partial charge in [0.15, 0.2) is 5.78 Å². The second-order valence-electron chi connectivity index (χ2n) is 7.02. The summed E-state index contributed by atoms with van der Waals surface area (Å²) in [6.45, 7) is 4.64. The zero-order chi connectivity index (χ0) is 14.9. The predicted molar refractivity (Wildman–Crippen MR) is 87.4 cm³/mol. The number of hydrogen-bond acceptors (Lipinski definition) is 4. The largest absolute Gasteiger partial charge is 0.357 e. The van der Waals surface area contributed by atoms with Crippen LogP contribution in [-0.2, 0) is 6.42 Å². The molecule has 1 aliphatic carbocycles. The Labute approximate surface area is 132 Å². The molecule has 4 heteroatoms. The van der Waals surface area contributed by atoms with Gasteiger partial charge in [0.05, 0.1) is 5.69 Å². The SMILES string of the molecule is O=C1CCCc2nc(N3CCC(C4CCNC4)CC3)ccc21. The second-order valence-corrected chi connectivity index (χ2v) is 7.02. The number of aromatic nitrogens is 1. The molecule has 2 fully saturated rings. The predicted octanol–water partition coefficient (Wildman–Crippen LogP) is 2.43. The lowest BCUT2D eigenvalue weighted by Crippen LogP contribution is -2.37. The van der Waals surface area contributed by atoms with E-state index >= 15 is 0 Å². The minimum Gasteiger partial charge on any atom is -0.357 e. The smallest absolute Gasteiger partial charge is 0.164 e. The van der Waals surface area contributed by atoms with Crippen LogP contribution in [-0.4, -0.2) is 36.9 Å². The van der Waals surface area contributed by atoms with Crippen LogP contribution >= 0.6 is 0 Å². The Morgan fingerprint density at radius 2 is 1.95 bits per heavy atom. The van der Waals surface area contributed by atoms with Gasteiger partial charge in [0.2, 0.25) is 0 Å². The van der Waals surface area contributed by atoms with Crippen molar-refractivity contribution in [3.8, 4) is 0 Å². The molecule has 0 saturated carbocycles. The van der Waals surface area contributed by atoms with Gasteiger partial charge in [-0.3, -0.25) is 4.79 Å². The molecule has 1 atom stereocenters. The second kappa shape index (κ2) is 5.99. The van der Waals surface area contributed by atoms with Gasteiger partial charge in [0.25, 0.3) is 0 Å². The monoisotopic (exact) mass is 299 g/mol. The van der Waals surface area contributed by atoms with Gasteiger partial charge in [0, 0.05) is 25.1 Å². The number of nitrogens with one attached hydrogen (secondary N) is 1. The van der Waals surface area contributed by atoms with Crippen LogP contribution < -0.4 is 10.2 Å². The zero-order valence-electron chi connectivity index (χ0n) is 13.2. The van der Waals surface area contributed by atoms with Gasteiger partial charge in [-0.2, -0.15) is 0 Å². The highest BCUT2D eigenvalue weighted by atomic mass is 16.1. The van der Waals surface area contributed by atoms with Gasteiger partial charge >= 0.3 is 0 Å². The van der Waals surface area contributed by atoms with Crippen LogP contribution in [0.3, 0.4) is 0 Å². The first kappa shape index (κ1) is 14.2. The molecule has 0 bridgehead atoms. The van der Waals surface area contributed by atoms with Gasteiger partial charge in [-0.25, -0.2) is 4.98 Å². The van der Waals surface area contributed by atoms with Crippen LogP contribution in [0.1, 0.15) is 48.2 Å². The first-order chi connectivity index (χ1) is 10.8. The Morgan fingerprint density at radius 3 is 2.73 bits per heavy atom. The quantitative estimate of drug-likeness (QED) is 0.911. The highest BCUT2D eigenvalue weighted by Gasteiger charge is 2.29. The highest BCUT2D eigenvalue weighted by Crippen LogP contribution is 2.31. The summed E-state index contributed by atoms with van der Waals surface area (Å²) in [5, 5.41) is 3.49. The maximum Gasteiger partial charge on any atom is 0.164 e. The topological polar surface area (TPSA) is 45.2 Å². The van der Waals surface area contributed by atoms with Crippen LogP contribution in [0.2, 0.25) is 0 Å². The van der Waals surface area contributed by atoms with Crippen LogP contribution in [0, 0.1) is 11.8 Å². The third-order valence-electron chi connectivity index (χ3n) is 5.71. The summed E-state index contributed by atoms with van der Waals surface area (Å²) in [7, 11) is 0. The van der Waals surface area contributed by atoms with Crippen LogP contribution in [0.25, 0.3) is 0 Å². The fourth-order valence-corrected chi connectivity index (χ4v) is 4.34. The summed E-state index contributed by atoms with van der Waals surface area (Å²) in [4.78, 5) is 19.1. The molecule has 4 rings (SSSR count). The number of ketones is 1. The van der Waals surface area contributed by atoms with Crippen molar-refractivity contribution in [3.05, 3.63) is 23.4 Å². The van der Waals surface area contributed by atoms with Gasteiger partial charge in [-0.15, -0.1) is 0 Å². The normalized spacial score (nSPS) is 26.3. The number of pyridine rings is 1. The lowest BCUT2D eigenvalue weighted by atomic mass is 9.84. The van der Waals surface area contributed by atoms with E-state index in [4.69, 9.17) is 4.98 Å². The number of anilines is 1. The molecule has 1 aromatic heterocycles. The maximum absolute atomic E-state index is 11.9. The van der Waals surface area contributed by atoms with Crippen molar-refractivity contribution in [2.24, 2.45) is 11.8 Å². The van der Waals surface area contributed by atoms with Crippen molar-refractivity contribution in [3.63, 3.8) is 0 Å². The lowest BCUT2D eigenvalue weighted by Gasteiger charge is -2.35. The number of rotatable bonds is 2. The van der Waals surface area contributed by atoms with Crippen molar-refractivity contribution in [2.45, 2.75) is 38.5 Å². The number of aryl methyl sites for hydroxylation is 1. The average Bonchev–Trinajstić information content (AvgIpc) is 3.09. The summed E-state index contributed by atoms with van der Waals surface area (Å²) in [6, 6.07) is 4.06. The van der Waals surface area contributed by atoms with E-state index in [1.807, 2.05) is 6.07 Å². The van der Waals surface area contributed by atoms with Crippen molar-refractivity contribution in [1.82, 2.24) is 10.3 Å². The van der Waals surface area contributed by atoms with E-state index < -0.39 is 0 Å². The van der Waals surface area contributed by atoms with E-state index in [-0.39, 0.29) is 5.78 Å². The van der Waals surface area contributed by atoms with E-state index in [0.29, 0.717) is 6.42 Å². The van der Waals surface area contributed by atoms with E-state index in [0.717, 1.165) is 54.8 Å². The molecule has 118 valence electrons. The molecule has 0 spiro atoms. The maximum atomic E-state index is 11.9. The molecule has 4 nitrogen and oxygen atoms in total. The molecule has 3 heterocycles. The van der Waals surface area contributed by atoms with Crippen molar-refractivity contribution >= 4 is 11.6 Å². The first-order valence-corrected chi connectivity index (χ1v) is 8.80. The third kappa shape index (κ3) is 2.65. The summed E-state index contributed by atoms with van der Waals surface area (Å²) in [5.74, 6) is 3.12. The highest BCUT2D eigenvalue weighted by molar-refractivity contribution is 5.98. The molecule has 3 aliphatic rings. The van der Waals surface area contributed by atoms with Gasteiger partial charge < -0.3 is 10.2 Å². The van der Waals surface area contributed by atoms with Gasteiger partial charge in [-0.05, 0) is 69.2 Å². The number of carbonyl (C=O) groups excluding carboxylic acids is 1. The van der Waals surface area contributed by atoms with Crippen molar-refractivity contribution < 1.29 is 4.79 Å². The number of piperidine rings is 1. The fourth-order valence-electron chi connectivity index (χ4n) is 4.34. The van der Waals surface area contributed by atoms with Crippen molar-refractivity contribution in [2.75, 3.05) is 31.1 Å². The van der Waals surface area contributed by atoms with E-state index in [9.17, 15) is 4.79 Å². The Kier molecular flexibility index (Phi) is 3.87. The zero-order valence-corrected chi connectivity index (χ0v) is 13.2. The van der Waals surface area contributed by atoms with E-state index in [1.54, 1.807) is 0 Å². The Hall–Kier alpha value is -1.42. The lowest BCUT2D eigenvalue weighted by molar-refractivity contribution is 0.0971. The molecule has 0 radical (unpaired) electrons. The molecule has 1 aromatic rings. The standard InChI is InChI=1S/C18H25N3O/c22-17-3-1-2-16-15(17)4-5-18(20-16)21-10-7-13(8-11-21)14-6-9-19-12-14/h4-5,13-14,19H,1-3,6-12H2. The first-order valence-electron chi connectivity index (χ1n) is 8.80. The van der Waals surface area contributed by atoms with Gasteiger partial charge in [0.1, 0.15) is 5.82 Å². The minimum atomic E-state index is 0.271. The molecular weight excluding hydrogens is 274 g/mol. The van der Waals surface area contributed by atoms with Crippen LogP contribution in [0.15, 0.2) is 12.1 Å². The summed E-state index contributed by atoms with van der Waals surface area (Å²) < 4.78 is 0.